The van der Waals surface area contributed by atoms with Crippen LogP contribution in [0, 0.1) is 12.3 Å². The number of carbonyl (C=O) groups is 1. The summed E-state index contributed by atoms with van der Waals surface area (Å²) < 4.78 is 37.2. The molecular formula is C27H36N3O10P. The molecule has 224 valence electrons. The van der Waals surface area contributed by atoms with Crippen molar-refractivity contribution in [3.63, 3.8) is 0 Å². The van der Waals surface area contributed by atoms with Gasteiger partial charge >= 0.3 is 19.4 Å². The van der Waals surface area contributed by atoms with Crippen LogP contribution in [0.5, 0.6) is 5.75 Å². The second kappa shape index (κ2) is 14.1. The van der Waals surface area contributed by atoms with Gasteiger partial charge in [-0.1, -0.05) is 50.8 Å². The van der Waals surface area contributed by atoms with Crippen molar-refractivity contribution in [1.82, 2.24) is 14.6 Å². The molecule has 2 aromatic rings. The normalized spacial score (nSPS) is 24.4. The number of terminal acetylenes is 1. The number of aliphatic hydroxyl groups is 2. The molecule has 0 spiro atoms. The van der Waals surface area contributed by atoms with Gasteiger partial charge in [0.25, 0.3) is 5.56 Å². The van der Waals surface area contributed by atoms with E-state index in [0.717, 1.165) is 29.7 Å². The van der Waals surface area contributed by atoms with Crippen LogP contribution in [0.25, 0.3) is 0 Å². The topological polar surface area (TPSA) is 178 Å². The predicted octanol–water partition coefficient (Wildman–Crippen LogP) is 1.85. The third-order valence-electron chi connectivity index (χ3n) is 6.41. The van der Waals surface area contributed by atoms with Gasteiger partial charge in [0.2, 0.25) is 0 Å². The fourth-order valence-corrected chi connectivity index (χ4v) is 5.80. The van der Waals surface area contributed by atoms with Gasteiger partial charge in [0.1, 0.15) is 30.1 Å². The van der Waals surface area contributed by atoms with Crippen LogP contribution in [0.2, 0.25) is 0 Å². The number of nitrogens with zero attached hydrogens (tertiary/aromatic N) is 1. The molecule has 1 fully saturated rings. The number of nitrogens with one attached hydrogen (secondary N) is 2. The number of aromatic amines is 1. The highest BCUT2D eigenvalue weighted by Gasteiger charge is 2.56. The Balaban J connectivity index is 1.81. The zero-order chi connectivity index (χ0) is 30.2. The van der Waals surface area contributed by atoms with Crippen molar-refractivity contribution < 1.29 is 38.1 Å². The molecule has 1 aliphatic rings. The molecular weight excluding hydrogens is 557 g/mol. The minimum absolute atomic E-state index is 0.157. The molecule has 1 aromatic carbocycles. The SMILES string of the molecule is C#C[C@]1(O)C(n2ccc(=O)[nH]c2=O)O[C@H](COP(=O)(N[C@@H](C)C(=O)OC(CCC)CCC)Oc2ccccc2)[C@H]1O. The van der Waals surface area contributed by atoms with Crippen molar-refractivity contribution in [3.8, 4) is 18.1 Å². The maximum Gasteiger partial charge on any atom is 0.459 e. The van der Waals surface area contributed by atoms with E-state index in [1.165, 1.54) is 19.1 Å². The molecule has 6 atom stereocenters. The van der Waals surface area contributed by atoms with Crippen LogP contribution in [0.4, 0.5) is 0 Å². The molecule has 2 unspecified atom stereocenters. The van der Waals surface area contributed by atoms with Gasteiger partial charge in [0, 0.05) is 12.3 Å². The summed E-state index contributed by atoms with van der Waals surface area (Å²) in [5.74, 6) is 1.53. The van der Waals surface area contributed by atoms with E-state index in [0.29, 0.717) is 12.8 Å². The van der Waals surface area contributed by atoms with Crippen LogP contribution in [-0.2, 0) is 23.4 Å². The molecule has 41 heavy (non-hydrogen) atoms. The number of carbonyl (C=O) groups excluding carboxylic acids is 1. The Labute approximate surface area is 237 Å². The average molecular weight is 594 g/mol. The average Bonchev–Trinajstić information content (AvgIpc) is 3.18. The Morgan fingerprint density at radius 1 is 1.24 bits per heavy atom. The van der Waals surface area contributed by atoms with Gasteiger partial charge in [0.15, 0.2) is 11.8 Å². The maximum absolute atomic E-state index is 13.9. The van der Waals surface area contributed by atoms with E-state index >= 15 is 0 Å². The summed E-state index contributed by atoms with van der Waals surface area (Å²) >= 11 is 0. The molecule has 1 saturated heterocycles. The summed E-state index contributed by atoms with van der Waals surface area (Å²) in [4.78, 5) is 38.6. The first-order chi connectivity index (χ1) is 19.5. The zero-order valence-electron chi connectivity index (χ0n) is 23.1. The smallest absolute Gasteiger partial charge is 0.459 e. The lowest BCUT2D eigenvalue weighted by Gasteiger charge is -2.26. The van der Waals surface area contributed by atoms with Crippen LogP contribution in [0.1, 0.15) is 52.7 Å². The fourth-order valence-electron chi connectivity index (χ4n) is 4.29. The number of H-pyrrole nitrogens is 1. The molecule has 2 heterocycles. The minimum Gasteiger partial charge on any atom is -0.461 e. The molecule has 13 nitrogen and oxygen atoms in total. The lowest BCUT2D eigenvalue weighted by Crippen LogP contribution is -2.48. The molecule has 3 rings (SSSR count). The van der Waals surface area contributed by atoms with Crippen molar-refractivity contribution in [2.75, 3.05) is 6.61 Å². The van der Waals surface area contributed by atoms with E-state index in [1.54, 1.807) is 18.2 Å². The Hall–Kier alpha value is -3.24. The summed E-state index contributed by atoms with van der Waals surface area (Å²) in [7, 11) is -4.35. The fraction of sp³-hybridized carbons (Fsp3) is 0.519. The van der Waals surface area contributed by atoms with Gasteiger partial charge < -0.3 is 24.2 Å². The zero-order valence-corrected chi connectivity index (χ0v) is 24.0. The second-order valence-electron chi connectivity index (χ2n) is 9.64. The van der Waals surface area contributed by atoms with Crippen LogP contribution < -0.4 is 20.9 Å². The van der Waals surface area contributed by atoms with E-state index in [4.69, 9.17) is 24.9 Å². The van der Waals surface area contributed by atoms with Crippen LogP contribution in [-0.4, -0.2) is 62.3 Å². The van der Waals surface area contributed by atoms with E-state index in [1.807, 2.05) is 24.8 Å². The highest BCUT2D eigenvalue weighted by atomic mass is 31.2. The quantitative estimate of drug-likeness (QED) is 0.143. The summed E-state index contributed by atoms with van der Waals surface area (Å²) in [5.41, 5.74) is -4.05. The molecule has 1 aromatic heterocycles. The van der Waals surface area contributed by atoms with E-state index < -0.39 is 61.7 Å². The van der Waals surface area contributed by atoms with Crippen LogP contribution >= 0.6 is 7.75 Å². The van der Waals surface area contributed by atoms with E-state index in [9.17, 15) is 29.2 Å². The Bertz CT molecular complexity index is 1370. The minimum atomic E-state index is -4.35. The molecule has 0 bridgehead atoms. The Morgan fingerprint density at radius 3 is 2.49 bits per heavy atom. The molecule has 4 N–H and O–H groups in total. The standard InChI is InChI=1S/C27H36N3O10P/c1-5-11-19(12-6-2)38-24(33)18(4)29-41(36,40-20-13-9-8-10-14-20)37-17-21-23(32)27(35,7-3)25(39-21)30-16-15-22(31)28-26(30)34/h3,8-10,13-16,18-19,21,23,25,32,35H,5-6,11-12,17H2,1-2,4H3,(H,29,36)(H,28,31,34)/t18-,21+,23+,25?,27+,41?/m0/s1. The first-order valence-corrected chi connectivity index (χ1v) is 14.8. The van der Waals surface area contributed by atoms with Crippen molar-refractivity contribution in [1.29, 1.82) is 0 Å². The third-order valence-corrected chi connectivity index (χ3v) is 8.05. The van der Waals surface area contributed by atoms with Gasteiger partial charge in [-0.2, -0.15) is 5.09 Å². The second-order valence-corrected chi connectivity index (χ2v) is 11.3. The molecule has 14 heteroatoms. The monoisotopic (exact) mass is 593 g/mol. The van der Waals surface area contributed by atoms with Gasteiger partial charge in [-0.25, -0.2) is 9.36 Å². The molecule has 0 radical (unpaired) electrons. The highest BCUT2D eigenvalue weighted by Crippen LogP contribution is 2.47. The number of benzene rings is 1. The predicted molar refractivity (Wildman–Crippen MR) is 148 cm³/mol. The van der Waals surface area contributed by atoms with E-state index in [-0.39, 0.29) is 11.9 Å². The van der Waals surface area contributed by atoms with Crippen molar-refractivity contribution >= 4 is 13.7 Å². The third kappa shape index (κ3) is 7.95. The number of aliphatic hydroxyl groups excluding tert-OH is 1. The first kappa shape index (κ1) is 32.3. The van der Waals surface area contributed by atoms with Gasteiger partial charge in [-0.05, 0) is 31.9 Å². The van der Waals surface area contributed by atoms with Gasteiger partial charge in [-0.15, -0.1) is 6.42 Å². The molecule has 0 aliphatic carbocycles. The summed E-state index contributed by atoms with van der Waals surface area (Å²) in [6, 6.07) is 7.93. The van der Waals surface area contributed by atoms with Crippen LogP contribution in [0.3, 0.4) is 0 Å². The van der Waals surface area contributed by atoms with Gasteiger partial charge in [-0.3, -0.25) is 23.7 Å². The Kier molecular flexibility index (Phi) is 11.1. The maximum atomic E-state index is 13.9. The molecule has 0 saturated carbocycles. The number of hydrogen-bond acceptors (Lipinski definition) is 10. The number of hydrogen-bond donors (Lipinski definition) is 4. The van der Waals surface area contributed by atoms with Crippen molar-refractivity contribution in [2.24, 2.45) is 0 Å². The first-order valence-electron chi connectivity index (χ1n) is 13.3. The molecule has 0 amide bonds. The molecule has 1 aliphatic heterocycles. The number of aromatic nitrogens is 2. The lowest BCUT2D eigenvalue weighted by molar-refractivity contribution is -0.151. The Morgan fingerprint density at radius 2 is 1.90 bits per heavy atom. The number of esters is 1. The largest absolute Gasteiger partial charge is 0.461 e. The number of ether oxygens (including phenoxy) is 2. The summed E-state index contributed by atoms with van der Waals surface area (Å²) in [6.45, 7) is 4.75. The highest BCUT2D eigenvalue weighted by molar-refractivity contribution is 7.52. The van der Waals surface area contributed by atoms with E-state index in [2.05, 4.69) is 5.09 Å². The summed E-state index contributed by atoms with van der Waals surface area (Å²) in [5, 5.41) is 24.4. The van der Waals surface area contributed by atoms with Crippen molar-refractivity contribution in [3.05, 3.63) is 63.4 Å². The van der Waals surface area contributed by atoms with Crippen LogP contribution in [0.15, 0.2) is 52.2 Å². The number of para-hydroxylation sites is 1. The lowest BCUT2D eigenvalue weighted by atomic mass is 9.95. The van der Waals surface area contributed by atoms with Gasteiger partial charge in [0.05, 0.1) is 6.61 Å². The van der Waals surface area contributed by atoms with Crippen molar-refractivity contribution in [2.45, 2.75) is 82.6 Å². The summed E-state index contributed by atoms with van der Waals surface area (Å²) in [6.07, 6.45) is 4.38. The number of rotatable bonds is 14.